The summed E-state index contributed by atoms with van der Waals surface area (Å²) in [6.45, 7) is 4.15. The molecule has 1 aliphatic rings. The molecule has 0 bridgehead atoms. The van der Waals surface area contributed by atoms with Crippen LogP contribution >= 0.6 is 0 Å². The molecule has 0 aliphatic carbocycles. The summed E-state index contributed by atoms with van der Waals surface area (Å²) in [4.78, 5) is 3.46. The topological polar surface area (TPSA) is 25.0 Å². The van der Waals surface area contributed by atoms with E-state index in [4.69, 9.17) is 0 Å². The van der Waals surface area contributed by atoms with Crippen molar-refractivity contribution in [2.45, 2.75) is 12.7 Å². The van der Waals surface area contributed by atoms with Crippen LogP contribution in [0.5, 0.6) is 0 Å². The molecular weight excluding hydrogens is 341 g/mol. The van der Waals surface area contributed by atoms with E-state index >= 15 is 0 Å². The average molecular weight is 361 g/mol. The number of fused-ring (bicyclic) bond motifs is 1. The molecule has 1 fully saturated rings. The summed E-state index contributed by atoms with van der Waals surface area (Å²) in [7, 11) is 0. The molecule has 1 N–H and O–H groups in total. The van der Waals surface area contributed by atoms with Crippen LogP contribution in [0.2, 0.25) is 0 Å². The van der Waals surface area contributed by atoms with Gasteiger partial charge < -0.3 is 9.80 Å². The van der Waals surface area contributed by atoms with E-state index in [9.17, 15) is 13.2 Å². The van der Waals surface area contributed by atoms with Crippen LogP contribution in [0.15, 0.2) is 54.9 Å². The normalized spacial score (nSPS) is 16.3. The number of anilines is 1. The van der Waals surface area contributed by atoms with Crippen LogP contribution < -0.4 is 9.80 Å². The van der Waals surface area contributed by atoms with E-state index in [1.54, 1.807) is 6.07 Å². The molecule has 7 heteroatoms. The van der Waals surface area contributed by atoms with Crippen molar-refractivity contribution in [2.24, 2.45) is 0 Å². The Morgan fingerprint density at radius 3 is 2.62 bits per heavy atom. The summed E-state index contributed by atoms with van der Waals surface area (Å²) in [5, 5.41) is 4.37. The molecule has 4 rings (SSSR count). The number of piperazine rings is 1. The molecule has 1 saturated heterocycles. The molecule has 1 aromatic carbocycles. The molecule has 0 amide bonds. The third kappa shape index (κ3) is 3.39. The van der Waals surface area contributed by atoms with E-state index < -0.39 is 11.7 Å². The molecule has 26 heavy (non-hydrogen) atoms. The van der Waals surface area contributed by atoms with Gasteiger partial charge in [-0.05, 0) is 30.3 Å². The van der Waals surface area contributed by atoms with Crippen molar-refractivity contribution < 1.29 is 18.1 Å². The van der Waals surface area contributed by atoms with Crippen molar-refractivity contribution in [3.8, 4) is 0 Å². The molecule has 4 nitrogen and oxygen atoms in total. The van der Waals surface area contributed by atoms with Gasteiger partial charge in [0.25, 0.3) is 0 Å². The Hall–Kier alpha value is -2.54. The Morgan fingerprint density at radius 2 is 1.85 bits per heavy atom. The second kappa shape index (κ2) is 6.64. The van der Waals surface area contributed by atoms with Crippen LogP contribution in [-0.2, 0) is 12.7 Å². The highest BCUT2D eigenvalue weighted by molar-refractivity contribution is 5.53. The summed E-state index contributed by atoms with van der Waals surface area (Å²) in [6.07, 6.45) is -0.464. The second-order valence-electron chi connectivity index (χ2n) is 6.66. The smallest absolute Gasteiger partial charge is 0.360 e. The van der Waals surface area contributed by atoms with Gasteiger partial charge in [-0.25, -0.2) is 4.52 Å². The number of hydrogen-bond donors (Lipinski definition) is 1. The van der Waals surface area contributed by atoms with Crippen molar-refractivity contribution in [2.75, 3.05) is 31.1 Å². The van der Waals surface area contributed by atoms with Crippen LogP contribution in [0.3, 0.4) is 0 Å². The fraction of sp³-hybridized carbons (Fsp3) is 0.316. The van der Waals surface area contributed by atoms with Gasteiger partial charge in [0.2, 0.25) is 0 Å². The molecule has 0 atom stereocenters. The highest BCUT2D eigenvalue weighted by Crippen LogP contribution is 2.31. The monoisotopic (exact) mass is 361 g/mol. The minimum atomic E-state index is -4.30. The Balaban J connectivity index is 1.41. The van der Waals surface area contributed by atoms with Crippen molar-refractivity contribution in [3.63, 3.8) is 0 Å². The molecule has 0 spiro atoms. The van der Waals surface area contributed by atoms with Crippen LogP contribution in [0.4, 0.5) is 18.9 Å². The first-order chi connectivity index (χ1) is 12.5. The molecule has 3 heterocycles. The number of hydrogen-bond acceptors (Lipinski definition) is 2. The van der Waals surface area contributed by atoms with Crippen LogP contribution in [0.1, 0.15) is 11.1 Å². The maximum atomic E-state index is 12.9. The maximum absolute atomic E-state index is 12.9. The van der Waals surface area contributed by atoms with Gasteiger partial charge in [0.05, 0.1) is 49.0 Å². The average Bonchev–Trinajstić information content (AvgIpc) is 3.05. The first-order valence-corrected chi connectivity index (χ1v) is 8.68. The van der Waals surface area contributed by atoms with E-state index in [1.165, 1.54) is 22.6 Å². The number of pyridine rings is 1. The van der Waals surface area contributed by atoms with E-state index in [0.717, 1.165) is 44.3 Å². The van der Waals surface area contributed by atoms with E-state index in [0.29, 0.717) is 5.69 Å². The molecule has 0 saturated carbocycles. The number of benzene rings is 1. The Labute approximate surface area is 149 Å². The van der Waals surface area contributed by atoms with Gasteiger partial charge in [-0.15, -0.1) is 0 Å². The Bertz CT molecular complexity index is 895. The SMILES string of the molecule is FC(F)(F)c1cccc(N2CC[NH+](Cc3cnn4ccccc34)CC2)c1. The first-order valence-electron chi connectivity index (χ1n) is 8.68. The number of nitrogens with zero attached hydrogens (tertiary/aromatic N) is 3. The minimum absolute atomic E-state index is 0.587. The predicted molar refractivity (Wildman–Crippen MR) is 93.2 cm³/mol. The van der Waals surface area contributed by atoms with E-state index in [1.807, 2.05) is 33.9 Å². The summed E-state index contributed by atoms with van der Waals surface area (Å²) >= 11 is 0. The third-order valence-corrected chi connectivity index (χ3v) is 4.96. The van der Waals surface area contributed by atoms with Crippen LogP contribution in [-0.4, -0.2) is 35.8 Å². The second-order valence-corrected chi connectivity index (χ2v) is 6.66. The van der Waals surface area contributed by atoms with Crippen molar-refractivity contribution in [3.05, 3.63) is 66.0 Å². The van der Waals surface area contributed by atoms with Crippen LogP contribution in [0.25, 0.3) is 5.52 Å². The lowest BCUT2D eigenvalue weighted by Crippen LogP contribution is -3.13. The molecule has 3 aromatic rings. The van der Waals surface area contributed by atoms with Crippen molar-refractivity contribution in [1.29, 1.82) is 0 Å². The molecule has 0 radical (unpaired) electrons. The van der Waals surface area contributed by atoms with Crippen molar-refractivity contribution in [1.82, 2.24) is 9.61 Å². The number of nitrogens with one attached hydrogen (secondary N) is 1. The van der Waals surface area contributed by atoms with Crippen LogP contribution in [0, 0.1) is 0 Å². The summed E-state index contributed by atoms with van der Waals surface area (Å²) < 4.78 is 40.6. The zero-order chi connectivity index (χ0) is 18.1. The summed E-state index contributed by atoms with van der Waals surface area (Å²) in [6, 6.07) is 11.6. The number of alkyl halides is 3. The molecule has 136 valence electrons. The quantitative estimate of drug-likeness (QED) is 0.774. The molecule has 1 aliphatic heterocycles. The molecule has 0 unspecified atom stereocenters. The predicted octanol–water partition coefficient (Wildman–Crippen LogP) is 2.26. The lowest BCUT2D eigenvalue weighted by atomic mass is 10.1. The maximum Gasteiger partial charge on any atom is 0.416 e. The first kappa shape index (κ1) is 16.9. The lowest BCUT2D eigenvalue weighted by molar-refractivity contribution is -0.914. The third-order valence-electron chi connectivity index (χ3n) is 4.96. The lowest BCUT2D eigenvalue weighted by Gasteiger charge is -2.33. The highest BCUT2D eigenvalue weighted by Gasteiger charge is 2.31. The fourth-order valence-electron chi connectivity index (χ4n) is 3.53. The molecular formula is C19H20F3N4+. The zero-order valence-corrected chi connectivity index (χ0v) is 14.2. The van der Waals surface area contributed by atoms with Gasteiger partial charge in [0, 0.05) is 11.9 Å². The standard InChI is InChI=1S/C19H19F3N4/c20-19(21,22)16-4-3-5-17(12-16)25-10-8-24(9-11-25)14-15-13-23-26-7-2-1-6-18(15)26/h1-7,12-13H,8-11,14H2/p+1. The van der Waals surface area contributed by atoms with Crippen molar-refractivity contribution >= 4 is 11.2 Å². The van der Waals surface area contributed by atoms with Gasteiger partial charge in [0.1, 0.15) is 6.54 Å². The Kier molecular flexibility index (Phi) is 4.32. The van der Waals surface area contributed by atoms with Gasteiger partial charge in [-0.3, -0.25) is 0 Å². The van der Waals surface area contributed by atoms with E-state index in [-0.39, 0.29) is 0 Å². The number of aromatic nitrogens is 2. The Morgan fingerprint density at radius 1 is 1.04 bits per heavy atom. The highest BCUT2D eigenvalue weighted by atomic mass is 19.4. The summed E-state index contributed by atoms with van der Waals surface area (Å²) in [5.74, 6) is 0. The summed E-state index contributed by atoms with van der Waals surface area (Å²) in [5.41, 5.74) is 2.37. The van der Waals surface area contributed by atoms with Gasteiger partial charge in [0.15, 0.2) is 0 Å². The minimum Gasteiger partial charge on any atom is -0.360 e. The largest absolute Gasteiger partial charge is 0.416 e. The van der Waals surface area contributed by atoms with E-state index in [2.05, 4.69) is 11.2 Å². The fourth-order valence-corrected chi connectivity index (χ4v) is 3.53. The number of quaternary nitrogens is 1. The zero-order valence-electron chi connectivity index (χ0n) is 14.2. The number of halogens is 3. The van der Waals surface area contributed by atoms with Gasteiger partial charge in [-0.2, -0.15) is 18.3 Å². The number of rotatable bonds is 3. The molecule has 2 aromatic heterocycles. The van der Waals surface area contributed by atoms with Gasteiger partial charge in [-0.1, -0.05) is 12.1 Å². The van der Waals surface area contributed by atoms with Gasteiger partial charge >= 0.3 is 6.18 Å².